The molecule has 2 saturated carbocycles. The third kappa shape index (κ3) is 11.1. The molecule has 1 aliphatic heterocycles. The number of anilines is 1. The number of likely N-dealkylation sites (N-methyl/N-ethyl adjacent to an activating group) is 1. The maximum atomic E-state index is 14.4. The van der Waals surface area contributed by atoms with Crippen LogP contribution < -0.4 is 15.4 Å². The normalized spacial score (nSPS) is 25.6. The van der Waals surface area contributed by atoms with Gasteiger partial charge in [-0.25, -0.2) is 4.79 Å². The summed E-state index contributed by atoms with van der Waals surface area (Å²) in [5, 5.41) is 16.3. The Morgan fingerprint density at radius 2 is 1.69 bits per heavy atom. The van der Waals surface area contributed by atoms with E-state index in [-0.39, 0.29) is 42.7 Å². The summed E-state index contributed by atoms with van der Waals surface area (Å²) < 4.78 is 12.9. The number of hydrogen-bond donors (Lipinski definition) is 3. The summed E-state index contributed by atoms with van der Waals surface area (Å²) in [4.78, 5) is 31.4. The van der Waals surface area contributed by atoms with Gasteiger partial charge in [0.05, 0.1) is 30.4 Å². The van der Waals surface area contributed by atoms with Gasteiger partial charge in [0.25, 0.3) is 5.91 Å². The number of ether oxygens (including phenoxy) is 2. The second-order valence-corrected chi connectivity index (χ2v) is 14.2. The van der Waals surface area contributed by atoms with E-state index in [1.165, 1.54) is 38.5 Å². The molecule has 1 aromatic carbocycles. The zero-order valence-electron chi connectivity index (χ0n) is 28.4. The molecular weight excluding hydrogens is 568 g/mol. The molecule has 3 N–H and O–H groups in total. The van der Waals surface area contributed by atoms with Crippen LogP contribution in [0.3, 0.4) is 0 Å². The van der Waals surface area contributed by atoms with E-state index in [4.69, 9.17) is 9.47 Å². The van der Waals surface area contributed by atoms with Gasteiger partial charge in [0, 0.05) is 43.9 Å². The van der Waals surface area contributed by atoms with E-state index in [2.05, 4.69) is 29.5 Å². The number of urea groups is 1. The van der Waals surface area contributed by atoms with Gasteiger partial charge >= 0.3 is 6.03 Å². The number of hydrogen-bond acceptors (Lipinski definition) is 6. The van der Waals surface area contributed by atoms with Crippen LogP contribution in [0.5, 0.6) is 5.75 Å². The molecule has 0 radical (unpaired) electrons. The number of amides is 3. The quantitative estimate of drug-likeness (QED) is 0.306. The van der Waals surface area contributed by atoms with Gasteiger partial charge in [0.2, 0.25) is 0 Å². The van der Waals surface area contributed by atoms with Crippen LogP contribution in [-0.2, 0) is 4.74 Å². The van der Waals surface area contributed by atoms with Crippen molar-refractivity contribution in [1.29, 1.82) is 0 Å². The maximum Gasteiger partial charge on any atom is 0.319 e. The van der Waals surface area contributed by atoms with E-state index in [0.717, 1.165) is 64.0 Å². The highest BCUT2D eigenvalue weighted by Crippen LogP contribution is 2.29. The summed E-state index contributed by atoms with van der Waals surface area (Å²) in [5.74, 6) is 1.08. The minimum atomic E-state index is -0.398. The van der Waals surface area contributed by atoms with Crippen molar-refractivity contribution in [2.24, 2.45) is 11.8 Å². The third-order valence-electron chi connectivity index (χ3n) is 10.0. The van der Waals surface area contributed by atoms with Gasteiger partial charge in [-0.15, -0.1) is 0 Å². The minimum Gasteiger partial charge on any atom is -0.490 e. The summed E-state index contributed by atoms with van der Waals surface area (Å²) in [6, 6.07) is 4.85. The zero-order chi connectivity index (χ0) is 32.2. The summed E-state index contributed by atoms with van der Waals surface area (Å²) in [6.45, 7) is 8.92. The fourth-order valence-corrected chi connectivity index (χ4v) is 7.25. The average molecular weight is 629 g/mol. The van der Waals surface area contributed by atoms with Crippen molar-refractivity contribution in [3.8, 4) is 5.75 Å². The highest BCUT2D eigenvalue weighted by molar-refractivity contribution is 5.99. The van der Waals surface area contributed by atoms with Crippen LogP contribution >= 0.6 is 0 Å². The van der Waals surface area contributed by atoms with Crippen molar-refractivity contribution in [1.82, 2.24) is 15.1 Å². The fourth-order valence-electron chi connectivity index (χ4n) is 7.25. The summed E-state index contributed by atoms with van der Waals surface area (Å²) >= 11 is 0. The molecule has 9 nitrogen and oxygen atoms in total. The van der Waals surface area contributed by atoms with Crippen molar-refractivity contribution in [3.05, 3.63) is 23.8 Å². The van der Waals surface area contributed by atoms with Crippen molar-refractivity contribution in [2.75, 3.05) is 45.2 Å². The number of aliphatic hydroxyl groups excluding tert-OH is 1. The highest BCUT2D eigenvalue weighted by Gasteiger charge is 2.31. The average Bonchev–Trinajstić information content (AvgIpc) is 3.03. The molecule has 0 aromatic heterocycles. The number of benzene rings is 1. The topological polar surface area (TPSA) is 103 Å². The van der Waals surface area contributed by atoms with Crippen LogP contribution in [0, 0.1) is 11.8 Å². The van der Waals surface area contributed by atoms with E-state index in [0.29, 0.717) is 30.2 Å². The highest BCUT2D eigenvalue weighted by atomic mass is 16.5. The zero-order valence-corrected chi connectivity index (χ0v) is 28.4. The molecule has 0 spiro atoms. The van der Waals surface area contributed by atoms with Crippen molar-refractivity contribution >= 4 is 17.6 Å². The molecule has 45 heavy (non-hydrogen) atoms. The molecule has 1 aromatic rings. The first-order chi connectivity index (χ1) is 21.7. The number of carbonyl (C=O) groups is 2. The Labute approximate surface area is 271 Å². The standard InChI is InChI=1S/C36H60N4O5/c1-26-22-40(27(2)25-41)35(42)32-21-31(38-36(43)37-30-16-9-6-10-17-30)18-19-33(32)45-28(3)13-11-12-20-44-34(26)24-39(4)23-29-14-7-5-8-15-29/h18-19,21,26-30,34,41H,5-17,20,22-25H2,1-4H3,(H2,37,38,43)/t26-,27-,28-,34-/m0/s1. The van der Waals surface area contributed by atoms with E-state index < -0.39 is 6.04 Å². The van der Waals surface area contributed by atoms with Crippen LogP contribution in [-0.4, -0.2) is 91.0 Å². The molecule has 2 fully saturated rings. The molecule has 2 aliphatic carbocycles. The Bertz CT molecular complexity index is 1060. The van der Waals surface area contributed by atoms with E-state index in [1.807, 2.05) is 13.8 Å². The molecule has 0 unspecified atom stereocenters. The van der Waals surface area contributed by atoms with Crippen LogP contribution in [0.15, 0.2) is 18.2 Å². The molecule has 0 bridgehead atoms. The first-order valence-electron chi connectivity index (χ1n) is 17.8. The van der Waals surface area contributed by atoms with Crippen LogP contribution in [0.25, 0.3) is 0 Å². The molecule has 0 saturated heterocycles. The lowest BCUT2D eigenvalue weighted by molar-refractivity contribution is -0.0190. The summed E-state index contributed by atoms with van der Waals surface area (Å²) in [7, 11) is 2.20. The molecule has 3 amide bonds. The van der Waals surface area contributed by atoms with Gasteiger partial charge in [0.1, 0.15) is 5.75 Å². The molecule has 4 rings (SSSR count). The minimum absolute atomic E-state index is 0.0349. The van der Waals surface area contributed by atoms with Gasteiger partial charge in [-0.1, -0.05) is 45.4 Å². The molecule has 1 heterocycles. The van der Waals surface area contributed by atoms with E-state index >= 15 is 0 Å². The second kappa shape index (κ2) is 18.1. The Kier molecular flexibility index (Phi) is 14.3. The predicted octanol–water partition coefficient (Wildman–Crippen LogP) is 6.45. The number of fused-ring (bicyclic) bond motifs is 1. The largest absolute Gasteiger partial charge is 0.490 e. The van der Waals surface area contributed by atoms with Gasteiger partial charge in [-0.2, -0.15) is 0 Å². The number of nitrogens with zero attached hydrogens (tertiary/aromatic N) is 2. The molecule has 254 valence electrons. The molecule has 3 aliphatic rings. The van der Waals surface area contributed by atoms with Crippen LogP contribution in [0.2, 0.25) is 0 Å². The number of carbonyl (C=O) groups excluding carboxylic acids is 2. The second-order valence-electron chi connectivity index (χ2n) is 14.2. The monoisotopic (exact) mass is 628 g/mol. The van der Waals surface area contributed by atoms with E-state index in [1.54, 1.807) is 23.1 Å². The lowest BCUT2D eigenvalue weighted by Crippen LogP contribution is -2.47. The summed E-state index contributed by atoms with van der Waals surface area (Å²) in [6.07, 6.45) is 14.7. The fraction of sp³-hybridized carbons (Fsp3) is 0.778. The Balaban J connectivity index is 1.54. The lowest BCUT2D eigenvalue weighted by atomic mass is 9.89. The number of nitrogens with one attached hydrogen (secondary N) is 2. The van der Waals surface area contributed by atoms with E-state index in [9.17, 15) is 14.7 Å². The first kappa shape index (κ1) is 35.5. The Hall–Kier alpha value is -2.36. The molecule has 4 atom stereocenters. The maximum absolute atomic E-state index is 14.4. The van der Waals surface area contributed by atoms with Gasteiger partial charge < -0.3 is 35.0 Å². The molecular formula is C36H60N4O5. The Morgan fingerprint density at radius 3 is 2.40 bits per heavy atom. The van der Waals surface area contributed by atoms with Crippen molar-refractivity contribution < 1.29 is 24.2 Å². The smallest absolute Gasteiger partial charge is 0.319 e. The van der Waals surface area contributed by atoms with Crippen molar-refractivity contribution in [2.45, 2.75) is 129 Å². The number of aliphatic hydroxyl groups is 1. The molecule has 9 heteroatoms. The van der Waals surface area contributed by atoms with Crippen LogP contribution in [0.1, 0.15) is 115 Å². The lowest BCUT2D eigenvalue weighted by Gasteiger charge is -2.36. The predicted molar refractivity (Wildman–Crippen MR) is 180 cm³/mol. The summed E-state index contributed by atoms with van der Waals surface area (Å²) in [5.41, 5.74) is 0.941. The SMILES string of the molecule is C[C@H]1CCCCO[C@@H](CN(C)CC2CCCCC2)[C@@H](C)CN([C@@H](C)CO)C(=O)c2cc(NC(=O)NC3CCCCC3)ccc2O1. The van der Waals surface area contributed by atoms with Crippen molar-refractivity contribution in [3.63, 3.8) is 0 Å². The van der Waals surface area contributed by atoms with Gasteiger partial charge in [-0.05, 0) is 90.0 Å². The first-order valence-corrected chi connectivity index (χ1v) is 17.8. The third-order valence-corrected chi connectivity index (χ3v) is 10.0. The number of rotatable bonds is 8. The van der Waals surface area contributed by atoms with Gasteiger partial charge in [0.15, 0.2) is 0 Å². The Morgan fingerprint density at radius 1 is 1.00 bits per heavy atom. The van der Waals surface area contributed by atoms with Crippen LogP contribution in [0.4, 0.5) is 10.5 Å². The van der Waals surface area contributed by atoms with Gasteiger partial charge in [-0.3, -0.25) is 4.79 Å².